The summed E-state index contributed by atoms with van der Waals surface area (Å²) in [6.45, 7) is 1.13. The fourth-order valence-corrected chi connectivity index (χ4v) is 3.70. The molecular weight excluding hydrogens is 334 g/mol. The van der Waals surface area contributed by atoms with E-state index in [1.807, 2.05) is 18.0 Å². The monoisotopic (exact) mass is 355 g/mol. The van der Waals surface area contributed by atoms with Crippen LogP contribution in [-0.2, 0) is 16.0 Å². The number of rotatable bonds is 4. The van der Waals surface area contributed by atoms with Crippen LogP contribution in [0.15, 0.2) is 29.0 Å². The molecule has 0 saturated carbocycles. The normalized spacial score (nSPS) is 22.6. The largest absolute Gasteiger partial charge is 0.341 e. The van der Waals surface area contributed by atoms with E-state index in [2.05, 4.69) is 15.1 Å². The lowest BCUT2D eigenvalue weighted by Crippen LogP contribution is -2.45. The molecule has 26 heavy (non-hydrogen) atoms. The zero-order chi connectivity index (χ0) is 18.1. The van der Waals surface area contributed by atoms with Crippen LogP contribution < -0.4 is 0 Å². The molecule has 0 aromatic carbocycles. The van der Waals surface area contributed by atoms with Crippen molar-refractivity contribution in [3.05, 3.63) is 30.4 Å². The summed E-state index contributed by atoms with van der Waals surface area (Å²) in [7, 11) is 1.84. The van der Waals surface area contributed by atoms with Crippen molar-refractivity contribution in [3.8, 4) is 11.4 Å². The summed E-state index contributed by atoms with van der Waals surface area (Å²) in [5.74, 6) is 1.03. The quantitative estimate of drug-likeness (QED) is 0.817. The lowest BCUT2D eigenvalue weighted by atomic mass is 9.95. The van der Waals surface area contributed by atoms with Crippen LogP contribution in [0.5, 0.6) is 0 Å². The number of likely N-dealkylation sites (N-methyl/N-ethyl adjacent to an activating group) is 1. The first-order chi connectivity index (χ1) is 12.6. The predicted molar refractivity (Wildman–Crippen MR) is 91.7 cm³/mol. The average molecular weight is 355 g/mol. The maximum Gasteiger partial charge on any atom is 0.227 e. The van der Waals surface area contributed by atoms with Crippen LogP contribution in [-0.4, -0.2) is 62.9 Å². The Morgan fingerprint density at radius 1 is 1.35 bits per heavy atom. The Bertz CT molecular complexity index is 806. The van der Waals surface area contributed by atoms with Crippen molar-refractivity contribution in [2.75, 3.05) is 20.1 Å². The highest BCUT2D eigenvalue weighted by Gasteiger charge is 2.39. The van der Waals surface area contributed by atoms with Gasteiger partial charge in [0.15, 0.2) is 0 Å². The summed E-state index contributed by atoms with van der Waals surface area (Å²) in [6, 6.07) is 3.79. The van der Waals surface area contributed by atoms with Crippen LogP contribution in [0.2, 0.25) is 0 Å². The molecule has 2 bridgehead atoms. The van der Waals surface area contributed by atoms with Gasteiger partial charge in [-0.15, -0.1) is 0 Å². The molecule has 0 N–H and O–H groups in total. The molecule has 3 fully saturated rings. The van der Waals surface area contributed by atoms with Gasteiger partial charge in [0.25, 0.3) is 0 Å². The number of fused-ring (bicyclic) bond motifs is 4. The Kier molecular flexibility index (Phi) is 4.40. The summed E-state index contributed by atoms with van der Waals surface area (Å²) in [5, 5.41) is 3.94. The molecule has 5 rings (SSSR count). The second kappa shape index (κ2) is 6.86. The number of nitrogens with zero attached hydrogens (tertiary/aromatic N) is 5. The topological polar surface area (TPSA) is 92.4 Å². The van der Waals surface area contributed by atoms with Crippen molar-refractivity contribution < 1.29 is 14.1 Å². The molecule has 3 saturated heterocycles. The Morgan fingerprint density at radius 3 is 3.04 bits per heavy atom. The minimum absolute atomic E-state index is 0.0335. The van der Waals surface area contributed by atoms with Crippen molar-refractivity contribution in [1.82, 2.24) is 24.9 Å². The van der Waals surface area contributed by atoms with Crippen molar-refractivity contribution in [3.63, 3.8) is 0 Å². The van der Waals surface area contributed by atoms with Gasteiger partial charge in [-0.1, -0.05) is 5.16 Å². The number of aryl methyl sites for hydroxylation is 1. The van der Waals surface area contributed by atoms with Gasteiger partial charge in [-0.3, -0.25) is 14.6 Å². The molecule has 8 nitrogen and oxygen atoms in total. The average Bonchev–Trinajstić information content (AvgIpc) is 2.98. The highest BCUT2D eigenvalue weighted by Crippen LogP contribution is 2.28. The minimum atomic E-state index is -0.0664. The number of amides is 2. The van der Waals surface area contributed by atoms with Crippen LogP contribution in [0.1, 0.15) is 25.2 Å². The molecular formula is C18H21N5O3. The smallest absolute Gasteiger partial charge is 0.227 e. The molecule has 0 unspecified atom stereocenters. The van der Waals surface area contributed by atoms with E-state index in [-0.39, 0.29) is 23.8 Å². The van der Waals surface area contributed by atoms with Crippen LogP contribution in [0.4, 0.5) is 0 Å². The lowest BCUT2D eigenvalue weighted by molar-refractivity contribution is -0.138. The summed E-state index contributed by atoms with van der Waals surface area (Å²) >= 11 is 0. The number of aromatic nitrogens is 3. The molecule has 3 aliphatic rings. The maximum atomic E-state index is 12.6. The Hall–Kier alpha value is -2.77. The molecule has 0 aliphatic carbocycles. The van der Waals surface area contributed by atoms with Crippen molar-refractivity contribution in [1.29, 1.82) is 0 Å². The van der Waals surface area contributed by atoms with Gasteiger partial charge in [0.1, 0.15) is 0 Å². The van der Waals surface area contributed by atoms with Gasteiger partial charge >= 0.3 is 0 Å². The lowest BCUT2D eigenvalue weighted by Gasteiger charge is -2.32. The van der Waals surface area contributed by atoms with Gasteiger partial charge in [-0.05, 0) is 25.0 Å². The summed E-state index contributed by atoms with van der Waals surface area (Å²) in [6.07, 6.45) is 5.87. The van der Waals surface area contributed by atoms with E-state index in [0.29, 0.717) is 37.6 Å². The third-order valence-electron chi connectivity index (χ3n) is 5.26. The molecule has 0 spiro atoms. The van der Waals surface area contributed by atoms with Gasteiger partial charge in [0, 0.05) is 57.0 Å². The SMILES string of the molecule is CN1C(=O)[C@H]2CC[C@@H]1CN(C(=O)CCc1nc(-c3cccnc3)no1)C2. The Morgan fingerprint density at radius 2 is 2.23 bits per heavy atom. The minimum Gasteiger partial charge on any atom is -0.341 e. The summed E-state index contributed by atoms with van der Waals surface area (Å²) < 4.78 is 5.25. The molecule has 8 heteroatoms. The van der Waals surface area contributed by atoms with Crippen LogP contribution in [0.3, 0.4) is 0 Å². The molecule has 0 radical (unpaired) electrons. The highest BCUT2D eigenvalue weighted by molar-refractivity contribution is 5.83. The zero-order valence-electron chi connectivity index (χ0n) is 14.7. The second-order valence-electron chi connectivity index (χ2n) is 6.93. The zero-order valence-corrected chi connectivity index (χ0v) is 14.7. The molecule has 2 amide bonds. The van der Waals surface area contributed by atoms with Gasteiger partial charge in [0.05, 0.1) is 5.92 Å². The third-order valence-corrected chi connectivity index (χ3v) is 5.26. The molecule has 2 atom stereocenters. The van der Waals surface area contributed by atoms with E-state index in [4.69, 9.17) is 4.52 Å². The molecule has 2 aromatic rings. The first-order valence-electron chi connectivity index (χ1n) is 8.89. The first-order valence-corrected chi connectivity index (χ1v) is 8.89. The van der Waals surface area contributed by atoms with E-state index >= 15 is 0 Å². The fourth-order valence-electron chi connectivity index (χ4n) is 3.70. The van der Waals surface area contributed by atoms with E-state index in [9.17, 15) is 9.59 Å². The number of hydrogen-bond acceptors (Lipinski definition) is 6. The maximum absolute atomic E-state index is 12.6. The van der Waals surface area contributed by atoms with Crippen molar-refractivity contribution in [2.24, 2.45) is 5.92 Å². The summed E-state index contributed by atoms with van der Waals surface area (Å²) in [4.78, 5) is 36.9. The second-order valence-corrected chi connectivity index (χ2v) is 6.93. The molecule has 136 valence electrons. The van der Waals surface area contributed by atoms with Crippen molar-refractivity contribution >= 4 is 11.8 Å². The fraction of sp³-hybridized carbons (Fsp3) is 0.500. The van der Waals surface area contributed by atoms with Gasteiger partial charge in [0.2, 0.25) is 23.5 Å². The van der Waals surface area contributed by atoms with E-state index < -0.39 is 0 Å². The number of hydrogen-bond donors (Lipinski definition) is 0. The van der Waals surface area contributed by atoms with E-state index in [1.54, 1.807) is 23.4 Å². The Labute approximate surface area is 151 Å². The van der Waals surface area contributed by atoms with E-state index in [0.717, 1.165) is 18.4 Å². The molecule has 5 heterocycles. The number of piperidine rings is 1. The molecule has 3 aliphatic heterocycles. The number of pyridine rings is 1. The van der Waals surface area contributed by atoms with Gasteiger partial charge in [-0.2, -0.15) is 4.98 Å². The Balaban J connectivity index is 1.37. The predicted octanol–water partition coefficient (Wildman–Crippen LogP) is 1.14. The van der Waals surface area contributed by atoms with Crippen LogP contribution in [0.25, 0.3) is 11.4 Å². The van der Waals surface area contributed by atoms with Crippen molar-refractivity contribution in [2.45, 2.75) is 31.7 Å². The van der Waals surface area contributed by atoms with Gasteiger partial charge in [-0.25, -0.2) is 0 Å². The third kappa shape index (κ3) is 3.18. The van der Waals surface area contributed by atoms with Crippen LogP contribution >= 0.6 is 0 Å². The van der Waals surface area contributed by atoms with Gasteiger partial charge < -0.3 is 14.3 Å². The number of carbonyl (C=O) groups is 2. The summed E-state index contributed by atoms with van der Waals surface area (Å²) in [5.41, 5.74) is 0.777. The van der Waals surface area contributed by atoms with Crippen LogP contribution in [0, 0.1) is 5.92 Å². The standard InChI is InChI=1S/C18H21N5O3/c1-22-14-5-4-13(18(22)25)10-23(11-14)16(24)7-6-15-20-17(21-26-15)12-3-2-8-19-9-12/h2-3,8-9,13-14H,4-7,10-11H2,1H3/t13-,14+/m0/s1. The highest BCUT2D eigenvalue weighted by atomic mass is 16.5. The first kappa shape index (κ1) is 16.7. The van der Waals surface area contributed by atoms with E-state index in [1.165, 1.54) is 0 Å². The molecule has 2 aromatic heterocycles. The number of carbonyl (C=O) groups excluding carboxylic acids is 2.